The predicted molar refractivity (Wildman–Crippen MR) is 85.6 cm³/mol. The van der Waals surface area contributed by atoms with Crippen molar-refractivity contribution in [2.75, 3.05) is 19.8 Å². The van der Waals surface area contributed by atoms with E-state index in [4.69, 9.17) is 21.1 Å². The van der Waals surface area contributed by atoms with Gasteiger partial charge in [0, 0.05) is 17.1 Å². The molecule has 0 aromatic heterocycles. The lowest BCUT2D eigenvalue weighted by Gasteiger charge is -2.19. The van der Waals surface area contributed by atoms with Crippen LogP contribution in [-0.2, 0) is 6.42 Å². The first-order chi connectivity index (χ1) is 10.3. The van der Waals surface area contributed by atoms with E-state index in [0.29, 0.717) is 13.2 Å². The maximum absolute atomic E-state index is 6.32. The Kier molecular flexibility index (Phi) is 5.26. The molecule has 0 unspecified atom stereocenters. The highest BCUT2D eigenvalue weighted by molar-refractivity contribution is 6.31. The van der Waals surface area contributed by atoms with Crippen molar-refractivity contribution in [1.82, 2.24) is 5.32 Å². The third-order valence-electron chi connectivity index (χ3n) is 4.09. The Labute approximate surface area is 132 Å². The summed E-state index contributed by atoms with van der Waals surface area (Å²) in [6, 6.07) is 4.78. The van der Waals surface area contributed by atoms with Gasteiger partial charge >= 0.3 is 0 Å². The second kappa shape index (κ2) is 7.37. The number of halogens is 1. The van der Waals surface area contributed by atoms with Crippen molar-refractivity contribution in [3.05, 3.63) is 22.7 Å². The SMILES string of the molecule is Clc1cc2c(cc1CCCCCCNC1CC1)OCCO2. The van der Waals surface area contributed by atoms with Crippen LogP contribution in [0.5, 0.6) is 11.5 Å². The predicted octanol–water partition coefficient (Wildman–Crippen LogP) is 3.97. The molecule has 2 aliphatic rings. The molecular formula is C17H24ClNO2. The van der Waals surface area contributed by atoms with Crippen LogP contribution in [-0.4, -0.2) is 25.8 Å². The number of unbranched alkanes of at least 4 members (excludes halogenated alkanes) is 3. The number of benzene rings is 1. The van der Waals surface area contributed by atoms with Crippen molar-refractivity contribution in [1.29, 1.82) is 0 Å². The second-order valence-corrected chi connectivity index (χ2v) is 6.39. The summed E-state index contributed by atoms with van der Waals surface area (Å²) in [6.45, 7) is 2.41. The largest absolute Gasteiger partial charge is 0.486 e. The summed E-state index contributed by atoms with van der Waals surface area (Å²) in [5.41, 5.74) is 1.18. The van der Waals surface area contributed by atoms with Gasteiger partial charge in [0.25, 0.3) is 0 Å². The molecule has 1 fully saturated rings. The van der Waals surface area contributed by atoms with Crippen molar-refractivity contribution in [2.45, 2.75) is 51.0 Å². The van der Waals surface area contributed by atoms with Crippen molar-refractivity contribution >= 4 is 11.6 Å². The Morgan fingerprint density at radius 3 is 2.48 bits per heavy atom. The first-order valence-corrected chi connectivity index (χ1v) is 8.52. The molecule has 116 valence electrons. The topological polar surface area (TPSA) is 30.5 Å². The average Bonchev–Trinajstić information content (AvgIpc) is 3.31. The molecule has 1 saturated carbocycles. The van der Waals surface area contributed by atoms with E-state index in [-0.39, 0.29) is 0 Å². The van der Waals surface area contributed by atoms with Gasteiger partial charge in [0.1, 0.15) is 13.2 Å². The highest BCUT2D eigenvalue weighted by Gasteiger charge is 2.19. The minimum Gasteiger partial charge on any atom is -0.486 e. The molecule has 0 atom stereocenters. The van der Waals surface area contributed by atoms with Gasteiger partial charge in [-0.1, -0.05) is 24.4 Å². The summed E-state index contributed by atoms with van der Waals surface area (Å²) < 4.78 is 11.2. The van der Waals surface area contributed by atoms with Gasteiger partial charge in [0.2, 0.25) is 0 Å². The van der Waals surface area contributed by atoms with Crippen molar-refractivity contribution in [3.8, 4) is 11.5 Å². The first-order valence-electron chi connectivity index (χ1n) is 8.14. The second-order valence-electron chi connectivity index (χ2n) is 5.98. The monoisotopic (exact) mass is 309 g/mol. The number of rotatable bonds is 8. The van der Waals surface area contributed by atoms with Crippen LogP contribution >= 0.6 is 11.6 Å². The van der Waals surface area contributed by atoms with E-state index in [9.17, 15) is 0 Å². The number of hydrogen-bond donors (Lipinski definition) is 1. The Bertz CT molecular complexity index is 474. The lowest BCUT2D eigenvalue weighted by atomic mass is 10.1. The standard InChI is InChI=1S/C17H24ClNO2/c18-15-12-17-16(20-9-10-21-17)11-13(15)5-3-1-2-4-8-19-14-6-7-14/h11-12,14,19H,1-10H2. The summed E-state index contributed by atoms with van der Waals surface area (Å²) >= 11 is 6.32. The normalized spacial score (nSPS) is 17.0. The molecule has 0 amide bonds. The molecule has 1 N–H and O–H groups in total. The van der Waals surface area contributed by atoms with Crippen LogP contribution in [0, 0.1) is 0 Å². The molecule has 4 heteroatoms. The van der Waals surface area contributed by atoms with E-state index in [1.165, 1.54) is 50.6 Å². The summed E-state index contributed by atoms with van der Waals surface area (Å²) in [5.74, 6) is 1.62. The molecule has 3 nitrogen and oxygen atoms in total. The molecule has 1 aromatic rings. The molecule has 3 rings (SSSR count). The van der Waals surface area contributed by atoms with E-state index in [1.807, 2.05) is 12.1 Å². The highest BCUT2D eigenvalue weighted by Crippen LogP contribution is 2.35. The minimum atomic E-state index is 0.609. The zero-order valence-electron chi connectivity index (χ0n) is 12.5. The van der Waals surface area contributed by atoms with Gasteiger partial charge in [-0.25, -0.2) is 0 Å². The highest BCUT2D eigenvalue weighted by atomic mass is 35.5. The van der Waals surface area contributed by atoms with Gasteiger partial charge in [-0.15, -0.1) is 0 Å². The lowest BCUT2D eigenvalue weighted by Crippen LogP contribution is -2.17. The summed E-state index contributed by atoms with van der Waals surface area (Å²) in [6.07, 6.45) is 8.80. The van der Waals surface area contributed by atoms with Crippen LogP contribution in [0.1, 0.15) is 44.1 Å². The average molecular weight is 310 g/mol. The zero-order valence-corrected chi connectivity index (χ0v) is 13.3. The third-order valence-corrected chi connectivity index (χ3v) is 4.45. The molecule has 21 heavy (non-hydrogen) atoms. The smallest absolute Gasteiger partial charge is 0.162 e. The number of fused-ring (bicyclic) bond motifs is 1. The summed E-state index contributed by atoms with van der Waals surface area (Å²) in [5, 5.41) is 4.36. The fourth-order valence-corrected chi connectivity index (χ4v) is 2.93. The van der Waals surface area contributed by atoms with E-state index < -0.39 is 0 Å². The van der Waals surface area contributed by atoms with Crippen molar-refractivity contribution < 1.29 is 9.47 Å². The van der Waals surface area contributed by atoms with Crippen molar-refractivity contribution in [3.63, 3.8) is 0 Å². The lowest BCUT2D eigenvalue weighted by molar-refractivity contribution is 0.171. The van der Waals surface area contributed by atoms with Crippen LogP contribution in [0.2, 0.25) is 5.02 Å². The molecule has 0 radical (unpaired) electrons. The van der Waals surface area contributed by atoms with Gasteiger partial charge < -0.3 is 14.8 Å². The van der Waals surface area contributed by atoms with Crippen LogP contribution in [0.25, 0.3) is 0 Å². The quantitative estimate of drug-likeness (QED) is 0.737. The molecule has 0 saturated heterocycles. The molecular weight excluding hydrogens is 286 g/mol. The van der Waals surface area contributed by atoms with Crippen LogP contribution in [0.3, 0.4) is 0 Å². The summed E-state index contributed by atoms with van der Waals surface area (Å²) in [4.78, 5) is 0. The zero-order chi connectivity index (χ0) is 14.5. The third kappa shape index (κ3) is 4.52. The van der Waals surface area contributed by atoms with Crippen molar-refractivity contribution in [2.24, 2.45) is 0 Å². The Hall–Kier alpha value is -0.930. The number of hydrogen-bond acceptors (Lipinski definition) is 3. The fourth-order valence-electron chi connectivity index (χ4n) is 2.69. The molecule has 1 heterocycles. The van der Waals surface area contributed by atoms with Gasteiger partial charge in [-0.05, 0) is 50.3 Å². The maximum Gasteiger partial charge on any atom is 0.162 e. The number of nitrogens with one attached hydrogen (secondary N) is 1. The van der Waals surface area contributed by atoms with Crippen LogP contribution in [0.15, 0.2) is 12.1 Å². The molecule has 1 aliphatic heterocycles. The minimum absolute atomic E-state index is 0.609. The van der Waals surface area contributed by atoms with E-state index >= 15 is 0 Å². The molecule has 1 aromatic carbocycles. The van der Waals surface area contributed by atoms with Gasteiger partial charge in [-0.2, -0.15) is 0 Å². The van der Waals surface area contributed by atoms with E-state index in [1.54, 1.807) is 0 Å². The van der Waals surface area contributed by atoms with Gasteiger partial charge in [0.05, 0.1) is 0 Å². The molecule has 0 bridgehead atoms. The Balaban J connectivity index is 1.38. The molecule has 0 spiro atoms. The maximum atomic E-state index is 6.32. The first kappa shape index (κ1) is 15.0. The van der Waals surface area contributed by atoms with E-state index in [2.05, 4.69) is 5.32 Å². The Morgan fingerprint density at radius 1 is 1.00 bits per heavy atom. The van der Waals surface area contributed by atoms with E-state index in [0.717, 1.165) is 29.0 Å². The number of ether oxygens (including phenoxy) is 2. The Morgan fingerprint density at radius 2 is 1.71 bits per heavy atom. The molecule has 1 aliphatic carbocycles. The number of aryl methyl sites for hydroxylation is 1. The van der Waals surface area contributed by atoms with Gasteiger partial charge in [0.15, 0.2) is 11.5 Å². The fraction of sp³-hybridized carbons (Fsp3) is 0.647. The van der Waals surface area contributed by atoms with Gasteiger partial charge in [-0.3, -0.25) is 0 Å². The summed E-state index contributed by atoms with van der Waals surface area (Å²) in [7, 11) is 0. The van der Waals surface area contributed by atoms with Crippen LogP contribution in [0.4, 0.5) is 0 Å². The van der Waals surface area contributed by atoms with Crippen LogP contribution < -0.4 is 14.8 Å².